The van der Waals surface area contributed by atoms with Gasteiger partial charge in [0.25, 0.3) is 5.91 Å². The second-order valence-corrected chi connectivity index (χ2v) is 8.58. The quantitative estimate of drug-likeness (QED) is 0.463. The normalized spacial score (nSPS) is 16.1. The summed E-state index contributed by atoms with van der Waals surface area (Å²) in [7, 11) is 0. The maximum Gasteiger partial charge on any atom is 0.354 e. The number of rotatable bonds is 7. The van der Waals surface area contributed by atoms with Crippen LogP contribution in [0.5, 0.6) is 0 Å². The number of H-pyrrole nitrogens is 1. The van der Waals surface area contributed by atoms with Gasteiger partial charge in [-0.05, 0) is 32.0 Å². The maximum atomic E-state index is 13.2. The number of carboxylic acid groups (broad SMARTS) is 1. The highest BCUT2D eigenvalue weighted by Gasteiger charge is 2.34. The number of aromatic amines is 1. The van der Waals surface area contributed by atoms with Crippen LogP contribution >= 0.6 is 11.6 Å². The molecule has 3 N–H and O–H groups in total. The van der Waals surface area contributed by atoms with E-state index in [1.807, 2.05) is 19.9 Å². The molecule has 0 spiro atoms. The molecule has 176 valence electrons. The molecular formula is C22H23ClN8O3. The van der Waals surface area contributed by atoms with Crippen molar-refractivity contribution in [3.63, 3.8) is 0 Å². The van der Waals surface area contributed by atoms with Gasteiger partial charge in [-0.1, -0.05) is 16.8 Å². The molecule has 2 aromatic heterocycles. The molecule has 4 rings (SSSR count). The van der Waals surface area contributed by atoms with Crippen molar-refractivity contribution in [2.24, 2.45) is 0 Å². The second kappa shape index (κ2) is 9.62. The highest BCUT2D eigenvalue weighted by atomic mass is 35.5. The number of carboxylic acids is 1. The molecular weight excluding hydrogens is 460 g/mol. The topological polar surface area (TPSA) is 153 Å². The lowest BCUT2D eigenvalue weighted by Gasteiger charge is -2.33. The van der Waals surface area contributed by atoms with Gasteiger partial charge in [0.1, 0.15) is 6.07 Å². The Hall–Kier alpha value is -3.75. The summed E-state index contributed by atoms with van der Waals surface area (Å²) in [4.78, 5) is 27.0. The number of benzene rings is 1. The van der Waals surface area contributed by atoms with Crippen LogP contribution in [0.15, 0.2) is 24.4 Å². The molecule has 3 heterocycles. The van der Waals surface area contributed by atoms with Gasteiger partial charge < -0.3 is 15.3 Å². The Morgan fingerprint density at radius 1 is 1.44 bits per heavy atom. The minimum absolute atomic E-state index is 0.0666. The van der Waals surface area contributed by atoms with E-state index in [4.69, 9.17) is 11.6 Å². The number of hydrogen-bond donors (Lipinski definition) is 3. The van der Waals surface area contributed by atoms with Crippen LogP contribution in [-0.4, -0.2) is 59.7 Å². The van der Waals surface area contributed by atoms with Crippen molar-refractivity contribution in [1.29, 1.82) is 5.26 Å². The summed E-state index contributed by atoms with van der Waals surface area (Å²) in [6.45, 7) is 4.74. The van der Waals surface area contributed by atoms with Crippen LogP contribution in [0.4, 0.5) is 0 Å². The standard InChI is InChI=1S/C22H23ClN8O3/c1-12-7-18-16(11-30(12)21(32)14-3-4-17(23)15(8-14)9-24)20(22(33)34)31(28-18)6-5-25-13(2)19-10-26-29-27-19/h3-4,8,10,12-13,25H,5-7,11H2,1-2H3,(H,33,34)(H,26,27,29)/t12-,13?/m1/s1. The molecule has 1 aliphatic heterocycles. The zero-order chi connectivity index (χ0) is 24.4. The summed E-state index contributed by atoms with van der Waals surface area (Å²) in [6.07, 6.45) is 2.12. The van der Waals surface area contributed by atoms with Crippen LogP contribution < -0.4 is 5.32 Å². The van der Waals surface area contributed by atoms with Crippen LogP contribution in [0.25, 0.3) is 0 Å². The van der Waals surface area contributed by atoms with Gasteiger partial charge in [-0.3, -0.25) is 14.6 Å². The van der Waals surface area contributed by atoms with E-state index in [0.29, 0.717) is 36.3 Å². The van der Waals surface area contributed by atoms with Crippen LogP contribution in [0.3, 0.4) is 0 Å². The SMILES string of the molecule is CC(NCCn1nc2c(c1C(=O)O)CN(C(=O)c1ccc(Cl)c(C#N)c1)[C@H](C)C2)c1c[nH]nn1. The van der Waals surface area contributed by atoms with Crippen LogP contribution in [0.1, 0.15) is 63.3 Å². The van der Waals surface area contributed by atoms with E-state index in [9.17, 15) is 20.0 Å². The number of hydrogen-bond acceptors (Lipinski definition) is 7. The van der Waals surface area contributed by atoms with Crippen molar-refractivity contribution in [1.82, 2.24) is 35.4 Å². The lowest BCUT2D eigenvalue weighted by molar-refractivity contribution is 0.0634. The fraction of sp³-hybridized carbons (Fsp3) is 0.364. The average Bonchev–Trinajstić information content (AvgIpc) is 3.46. The number of nitriles is 1. The molecule has 0 radical (unpaired) electrons. The molecule has 1 aliphatic rings. The molecule has 0 bridgehead atoms. The Morgan fingerprint density at radius 2 is 2.24 bits per heavy atom. The zero-order valence-electron chi connectivity index (χ0n) is 18.6. The first kappa shape index (κ1) is 23.4. The van der Waals surface area contributed by atoms with E-state index in [1.54, 1.807) is 17.2 Å². The van der Waals surface area contributed by atoms with Crippen molar-refractivity contribution >= 4 is 23.5 Å². The van der Waals surface area contributed by atoms with Crippen molar-refractivity contribution in [2.45, 2.75) is 45.4 Å². The third-order valence-electron chi connectivity index (χ3n) is 5.93. The predicted molar refractivity (Wildman–Crippen MR) is 121 cm³/mol. The van der Waals surface area contributed by atoms with Crippen molar-refractivity contribution < 1.29 is 14.7 Å². The Morgan fingerprint density at radius 3 is 2.91 bits per heavy atom. The first-order valence-corrected chi connectivity index (χ1v) is 11.1. The lowest BCUT2D eigenvalue weighted by Crippen LogP contribution is -2.42. The molecule has 0 saturated carbocycles. The minimum atomic E-state index is -1.10. The number of aromatic nitrogens is 5. The Balaban J connectivity index is 1.54. The van der Waals surface area contributed by atoms with Gasteiger partial charge in [0.2, 0.25) is 0 Å². The predicted octanol–water partition coefficient (Wildman–Crippen LogP) is 2.16. The molecule has 12 heteroatoms. The summed E-state index contributed by atoms with van der Waals surface area (Å²) < 4.78 is 1.48. The first-order valence-electron chi connectivity index (χ1n) is 10.7. The van der Waals surface area contributed by atoms with Gasteiger partial charge in [-0.2, -0.15) is 10.4 Å². The van der Waals surface area contributed by atoms with E-state index >= 15 is 0 Å². The third-order valence-corrected chi connectivity index (χ3v) is 6.26. The van der Waals surface area contributed by atoms with Gasteiger partial charge in [0.15, 0.2) is 5.69 Å². The highest BCUT2D eigenvalue weighted by molar-refractivity contribution is 6.31. The Kier molecular flexibility index (Phi) is 6.63. The summed E-state index contributed by atoms with van der Waals surface area (Å²) in [6, 6.07) is 6.25. The molecule has 1 aromatic carbocycles. The summed E-state index contributed by atoms with van der Waals surface area (Å²) in [5.74, 6) is -1.39. The number of fused-ring (bicyclic) bond motifs is 1. The van der Waals surface area contributed by atoms with Gasteiger partial charge in [-0.15, -0.1) is 5.10 Å². The average molecular weight is 483 g/mol. The fourth-order valence-corrected chi connectivity index (χ4v) is 4.25. The molecule has 2 atom stereocenters. The minimum Gasteiger partial charge on any atom is -0.477 e. The Bertz CT molecular complexity index is 1260. The van der Waals surface area contributed by atoms with E-state index in [0.717, 1.165) is 5.69 Å². The van der Waals surface area contributed by atoms with Crippen molar-refractivity contribution in [2.75, 3.05) is 6.54 Å². The molecule has 0 saturated heterocycles. The summed E-state index contributed by atoms with van der Waals surface area (Å²) in [5.41, 5.74) is 2.56. The summed E-state index contributed by atoms with van der Waals surface area (Å²) in [5, 5.41) is 37.6. The molecule has 34 heavy (non-hydrogen) atoms. The van der Waals surface area contributed by atoms with Gasteiger partial charge in [0.05, 0.1) is 41.1 Å². The van der Waals surface area contributed by atoms with Crippen LogP contribution in [0.2, 0.25) is 5.02 Å². The number of nitrogens with zero attached hydrogens (tertiary/aromatic N) is 6. The molecule has 1 unspecified atom stereocenters. The van der Waals surface area contributed by atoms with E-state index in [1.165, 1.54) is 16.8 Å². The number of halogens is 1. The molecule has 0 fully saturated rings. The number of nitrogens with one attached hydrogen (secondary N) is 2. The zero-order valence-corrected chi connectivity index (χ0v) is 19.4. The molecule has 11 nitrogen and oxygen atoms in total. The number of carbonyl (C=O) groups is 2. The number of aromatic carboxylic acids is 1. The van der Waals surface area contributed by atoms with E-state index in [-0.39, 0.29) is 40.8 Å². The van der Waals surface area contributed by atoms with Crippen molar-refractivity contribution in [3.8, 4) is 6.07 Å². The van der Waals surface area contributed by atoms with Crippen LogP contribution in [0, 0.1) is 11.3 Å². The second-order valence-electron chi connectivity index (χ2n) is 8.17. The van der Waals surface area contributed by atoms with Gasteiger partial charge in [-0.25, -0.2) is 4.79 Å². The third kappa shape index (κ3) is 4.50. The lowest BCUT2D eigenvalue weighted by atomic mass is 9.98. The fourth-order valence-electron chi connectivity index (χ4n) is 4.09. The molecule has 1 amide bonds. The van der Waals surface area contributed by atoms with Crippen molar-refractivity contribution in [3.05, 3.63) is 63.2 Å². The monoisotopic (exact) mass is 482 g/mol. The Labute approximate surface area is 200 Å². The highest BCUT2D eigenvalue weighted by Crippen LogP contribution is 2.28. The first-order chi connectivity index (χ1) is 16.3. The smallest absolute Gasteiger partial charge is 0.354 e. The van der Waals surface area contributed by atoms with Gasteiger partial charge in [0, 0.05) is 36.3 Å². The van der Waals surface area contributed by atoms with E-state index in [2.05, 4.69) is 25.8 Å². The molecule has 0 aliphatic carbocycles. The van der Waals surface area contributed by atoms with E-state index < -0.39 is 5.97 Å². The number of amides is 1. The molecule has 3 aromatic rings. The number of carbonyl (C=O) groups excluding carboxylic acids is 1. The van der Waals surface area contributed by atoms with Crippen LogP contribution in [-0.2, 0) is 19.5 Å². The van der Waals surface area contributed by atoms with Gasteiger partial charge >= 0.3 is 5.97 Å². The maximum absolute atomic E-state index is 13.2. The summed E-state index contributed by atoms with van der Waals surface area (Å²) >= 11 is 5.99. The largest absolute Gasteiger partial charge is 0.477 e.